The van der Waals surface area contributed by atoms with Gasteiger partial charge >= 0.3 is 0 Å². The summed E-state index contributed by atoms with van der Waals surface area (Å²) < 4.78 is 0.640. The first kappa shape index (κ1) is 8.46. The molecule has 1 rings (SSSR count). The summed E-state index contributed by atoms with van der Waals surface area (Å²) in [7, 11) is 3.91. The van der Waals surface area contributed by atoms with E-state index in [1.165, 1.54) is 0 Å². The smallest absolute Gasteiger partial charge is 0.198 e. The van der Waals surface area contributed by atoms with Gasteiger partial charge in [0, 0.05) is 25.9 Å². The highest BCUT2D eigenvalue weighted by molar-refractivity contribution is 9.10. The van der Waals surface area contributed by atoms with Gasteiger partial charge in [0.1, 0.15) is 5.82 Å². The van der Waals surface area contributed by atoms with Crippen LogP contribution in [0.5, 0.6) is 0 Å². The van der Waals surface area contributed by atoms with E-state index in [1.54, 1.807) is 0 Å². The molecule has 0 spiro atoms. The average molecular weight is 216 g/mol. The van der Waals surface area contributed by atoms with Crippen molar-refractivity contribution in [3.63, 3.8) is 0 Å². The second-order valence-corrected chi connectivity index (χ2v) is 3.24. The van der Waals surface area contributed by atoms with Crippen LogP contribution in [0.2, 0.25) is 0 Å². The Labute approximate surface area is 74.6 Å². The first-order valence-corrected chi connectivity index (χ1v) is 4.07. The van der Waals surface area contributed by atoms with E-state index in [9.17, 15) is 0 Å². The molecule has 1 aromatic rings. The van der Waals surface area contributed by atoms with E-state index in [0.717, 1.165) is 11.5 Å². The normalized spacial score (nSPS) is 9.82. The molecule has 0 bridgehead atoms. The third kappa shape index (κ3) is 2.15. The lowest BCUT2D eigenvalue weighted by atomic mass is 10.4. The van der Waals surface area contributed by atoms with Crippen LogP contribution in [0.25, 0.3) is 0 Å². The zero-order chi connectivity index (χ0) is 8.43. The first-order chi connectivity index (χ1) is 5.09. The topological polar surface area (TPSA) is 29.0 Å². The van der Waals surface area contributed by atoms with Gasteiger partial charge in [-0.05, 0) is 22.9 Å². The van der Waals surface area contributed by atoms with Gasteiger partial charge in [-0.2, -0.15) is 0 Å². The van der Waals surface area contributed by atoms with Crippen LogP contribution >= 0.6 is 15.9 Å². The van der Waals surface area contributed by atoms with Gasteiger partial charge in [0.15, 0.2) is 4.73 Å². The Kier molecular flexibility index (Phi) is 2.44. The molecule has 0 aliphatic heterocycles. The number of aryl methyl sites for hydroxylation is 1. The average Bonchev–Trinajstić information content (AvgIpc) is 1.85. The fourth-order valence-electron chi connectivity index (χ4n) is 0.746. The SMILES string of the molecule is Cc1cc(N(C)C)nc(Br)n1. The quantitative estimate of drug-likeness (QED) is 0.668. The van der Waals surface area contributed by atoms with Crippen LogP contribution in [-0.4, -0.2) is 24.1 Å². The number of halogens is 1. The van der Waals surface area contributed by atoms with Crippen molar-refractivity contribution in [3.8, 4) is 0 Å². The first-order valence-electron chi connectivity index (χ1n) is 3.28. The zero-order valence-corrected chi connectivity index (χ0v) is 8.38. The van der Waals surface area contributed by atoms with E-state index >= 15 is 0 Å². The molecule has 0 fully saturated rings. The van der Waals surface area contributed by atoms with Crippen LogP contribution in [0.4, 0.5) is 5.82 Å². The molecule has 0 saturated carbocycles. The lowest BCUT2D eigenvalue weighted by Gasteiger charge is -2.10. The molecule has 0 aliphatic carbocycles. The van der Waals surface area contributed by atoms with Gasteiger partial charge < -0.3 is 4.90 Å². The van der Waals surface area contributed by atoms with Crippen LogP contribution in [0, 0.1) is 6.92 Å². The van der Waals surface area contributed by atoms with Gasteiger partial charge in [0.2, 0.25) is 0 Å². The van der Waals surface area contributed by atoms with E-state index in [4.69, 9.17) is 0 Å². The minimum absolute atomic E-state index is 0.640. The molecule has 4 heteroatoms. The molecule has 0 amide bonds. The lowest BCUT2D eigenvalue weighted by Crippen LogP contribution is -2.11. The van der Waals surface area contributed by atoms with Crippen molar-refractivity contribution < 1.29 is 0 Å². The number of aromatic nitrogens is 2. The van der Waals surface area contributed by atoms with Gasteiger partial charge in [-0.1, -0.05) is 0 Å². The number of rotatable bonds is 1. The van der Waals surface area contributed by atoms with Crippen LogP contribution in [0.1, 0.15) is 5.69 Å². The zero-order valence-electron chi connectivity index (χ0n) is 6.80. The summed E-state index contributed by atoms with van der Waals surface area (Å²) in [4.78, 5) is 10.2. The van der Waals surface area contributed by atoms with E-state index < -0.39 is 0 Å². The molecule has 60 valence electrons. The second kappa shape index (κ2) is 3.17. The molecular formula is C7H10BrN3. The van der Waals surface area contributed by atoms with Crippen molar-refractivity contribution in [2.75, 3.05) is 19.0 Å². The fraction of sp³-hybridized carbons (Fsp3) is 0.429. The molecule has 0 radical (unpaired) electrons. The molecular weight excluding hydrogens is 206 g/mol. The van der Waals surface area contributed by atoms with Crippen LogP contribution in [0.3, 0.4) is 0 Å². The summed E-state index contributed by atoms with van der Waals surface area (Å²) in [6, 6.07) is 1.94. The van der Waals surface area contributed by atoms with Crippen LogP contribution in [0.15, 0.2) is 10.8 Å². The van der Waals surface area contributed by atoms with E-state index in [2.05, 4.69) is 25.9 Å². The third-order valence-electron chi connectivity index (χ3n) is 1.27. The molecule has 0 saturated heterocycles. The maximum absolute atomic E-state index is 4.16. The standard InChI is InChI=1S/C7H10BrN3/c1-5-4-6(11(2)3)10-7(8)9-5/h4H,1-3H3. The predicted molar refractivity (Wildman–Crippen MR) is 48.8 cm³/mol. The molecule has 0 atom stereocenters. The number of hydrogen-bond donors (Lipinski definition) is 0. The molecule has 0 unspecified atom stereocenters. The Bertz CT molecular complexity index is 240. The summed E-state index contributed by atoms with van der Waals surface area (Å²) in [5.74, 6) is 0.921. The largest absolute Gasteiger partial charge is 0.363 e. The van der Waals surface area contributed by atoms with Crippen molar-refractivity contribution in [3.05, 3.63) is 16.5 Å². The Morgan fingerprint density at radius 2 is 2.00 bits per heavy atom. The van der Waals surface area contributed by atoms with Crippen molar-refractivity contribution in [2.45, 2.75) is 6.92 Å². The maximum atomic E-state index is 4.16. The van der Waals surface area contributed by atoms with Crippen molar-refractivity contribution in [2.24, 2.45) is 0 Å². The minimum atomic E-state index is 0.640. The molecule has 0 aliphatic rings. The minimum Gasteiger partial charge on any atom is -0.363 e. The third-order valence-corrected chi connectivity index (χ3v) is 1.63. The summed E-state index contributed by atoms with van der Waals surface area (Å²) in [5.41, 5.74) is 0.968. The summed E-state index contributed by atoms with van der Waals surface area (Å²) in [6.45, 7) is 1.94. The molecule has 11 heavy (non-hydrogen) atoms. The fourth-order valence-corrected chi connectivity index (χ4v) is 1.21. The summed E-state index contributed by atoms with van der Waals surface area (Å²) >= 11 is 3.23. The highest BCUT2D eigenvalue weighted by atomic mass is 79.9. The van der Waals surface area contributed by atoms with Gasteiger partial charge in [-0.15, -0.1) is 0 Å². The van der Waals surface area contributed by atoms with Gasteiger partial charge in [-0.25, -0.2) is 9.97 Å². The predicted octanol–water partition coefficient (Wildman–Crippen LogP) is 1.61. The van der Waals surface area contributed by atoms with Crippen LogP contribution in [-0.2, 0) is 0 Å². The maximum Gasteiger partial charge on any atom is 0.198 e. The van der Waals surface area contributed by atoms with Crippen LogP contribution < -0.4 is 4.90 Å². The van der Waals surface area contributed by atoms with E-state index in [1.807, 2.05) is 32.0 Å². The molecule has 1 aromatic heterocycles. The molecule has 0 N–H and O–H groups in total. The highest BCUT2D eigenvalue weighted by Crippen LogP contribution is 2.11. The highest BCUT2D eigenvalue weighted by Gasteiger charge is 1.99. The van der Waals surface area contributed by atoms with Gasteiger partial charge in [0.25, 0.3) is 0 Å². The number of nitrogens with zero attached hydrogens (tertiary/aromatic N) is 3. The Balaban J connectivity index is 3.08. The molecule has 3 nitrogen and oxygen atoms in total. The Morgan fingerprint density at radius 3 is 2.45 bits per heavy atom. The van der Waals surface area contributed by atoms with Crippen molar-refractivity contribution in [1.82, 2.24) is 9.97 Å². The Hall–Kier alpha value is -0.640. The monoisotopic (exact) mass is 215 g/mol. The molecule has 0 aromatic carbocycles. The summed E-state index contributed by atoms with van der Waals surface area (Å²) in [6.07, 6.45) is 0. The number of anilines is 1. The second-order valence-electron chi connectivity index (χ2n) is 2.53. The van der Waals surface area contributed by atoms with E-state index in [-0.39, 0.29) is 0 Å². The molecule has 1 heterocycles. The van der Waals surface area contributed by atoms with Crippen molar-refractivity contribution in [1.29, 1.82) is 0 Å². The summed E-state index contributed by atoms with van der Waals surface area (Å²) in [5, 5.41) is 0. The number of hydrogen-bond acceptors (Lipinski definition) is 3. The van der Waals surface area contributed by atoms with Crippen molar-refractivity contribution >= 4 is 21.7 Å². The Morgan fingerprint density at radius 1 is 1.36 bits per heavy atom. The van der Waals surface area contributed by atoms with E-state index in [0.29, 0.717) is 4.73 Å². The van der Waals surface area contributed by atoms with Gasteiger partial charge in [-0.3, -0.25) is 0 Å². The lowest BCUT2D eigenvalue weighted by molar-refractivity contribution is 0.989. The van der Waals surface area contributed by atoms with Gasteiger partial charge in [0.05, 0.1) is 0 Å².